The van der Waals surface area contributed by atoms with E-state index in [0.717, 1.165) is 18.2 Å². The monoisotopic (exact) mass is 315 g/mol. The van der Waals surface area contributed by atoms with E-state index in [-0.39, 0.29) is 10.0 Å². The lowest BCUT2D eigenvalue weighted by atomic mass is 9.99. The summed E-state index contributed by atoms with van der Waals surface area (Å²) in [6, 6.07) is 6.57. The summed E-state index contributed by atoms with van der Waals surface area (Å²) in [5, 5.41) is 0. The van der Waals surface area contributed by atoms with E-state index in [1.54, 1.807) is 6.07 Å². The van der Waals surface area contributed by atoms with Gasteiger partial charge < -0.3 is 5.73 Å². The predicted molar refractivity (Wildman–Crippen MR) is 66.5 cm³/mol. The third-order valence-electron chi connectivity index (χ3n) is 2.56. The van der Waals surface area contributed by atoms with Crippen molar-refractivity contribution < 1.29 is 13.2 Å². The Balaban J connectivity index is 2.47. The van der Waals surface area contributed by atoms with Crippen LogP contribution in [0.2, 0.25) is 0 Å². The molecule has 1 nitrogen and oxygen atoms in total. The molecule has 2 aromatic carbocycles. The smallest absolute Gasteiger partial charge is 0.137 e. The van der Waals surface area contributed by atoms with E-state index in [1.807, 2.05) is 0 Å². The van der Waals surface area contributed by atoms with E-state index in [2.05, 4.69) is 15.9 Å². The molecule has 0 aliphatic heterocycles. The van der Waals surface area contributed by atoms with E-state index in [4.69, 9.17) is 5.73 Å². The molecule has 0 saturated heterocycles. The molecule has 0 bridgehead atoms. The van der Waals surface area contributed by atoms with Crippen LogP contribution < -0.4 is 5.73 Å². The standard InChI is InChI=1S/C13H9BrF3N/c14-12-10(2-1-3-11(12)17)13(18)7-4-8(15)6-9(16)5-7/h1-6,13H,18H2. The average Bonchev–Trinajstić information content (AvgIpc) is 2.30. The Bertz CT molecular complexity index is 566. The molecule has 0 aliphatic rings. The number of nitrogens with two attached hydrogens (primary N) is 1. The molecule has 2 aromatic rings. The summed E-state index contributed by atoms with van der Waals surface area (Å²) in [5.74, 6) is -1.90. The Morgan fingerprint density at radius 2 is 1.61 bits per heavy atom. The summed E-state index contributed by atoms with van der Waals surface area (Å²) in [6.07, 6.45) is 0. The predicted octanol–water partition coefficient (Wildman–Crippen LogP) is 3.91. The van der Waals surface area contributed by atoms with Crippen molar-refractivity contribution in [2.45, 2.75) is 6.04 Å². The lowest BCUT2D eigenvalue weighted by Crippen LogP contribution is -2.13. The van der Waals surface area contributed by atoms with E-state index < -0.39 is 23.5 Å². The summed E-state index contributed by atoms with van der Waals surface area (Å²) in [7, 11) is 0. The normalized spacial score (nSPS) is 12.5. The fraction of sp³-hybridized carbons (Fsp3) is 0.0769. The van der Waals surface area contributed by atoms with Gasteiger partial charge >= 0.3 is 0 Å². The third kappa shape index (κ3) is 2.57. The molecule has 0 fully saturated rings. The second-order valence-electron chi connectivity index (χ2n) is 3.82. The summed E-state index contributed by atoms with van der Waals surface area (Å²) >= 11 is 3.07. The fourth-order valence-corrected chi connectivity index (χ4v) is 2.21. The van der Waals surface area contributed by atoms with Crippen LogP contribution in [0, 0.1) is 17.5 Å². The zero-order valence-electron chi connectivity index (χ0n) is 9.13. The van der Waals surface area contributed by atoms with Crippen LogP contribution >= 0.6 is 15.9 Å². The highest BCUT2D eigenvalue weighted by molar-refractivity contribution is 9.10. The molecule has 2 N–H and O–H groups in total. The van der Waals surface area contributed by atoms with Crippen molar-refractivity contribution in [3.05, 3.63) is 69.4 Å². The van der Waals surface area contributed by atoms with Crippen molar-refractivity contribution >= 4 is 15.9 Å². The van der Waals surface area contributed by atoms with Gasteiger partial charge in [-0.3, -0.25) is 0 Å². The second kappa shape index (κ2) is 5.12. The molecule has 0 aliphatic carbocycles. The van der Waals surface area contributed by atoms with Crippen molar-refractivity contribution in [3.63, 3.8) is 0 Å². The Morgan fingerprint density at radius 3 is 2.22 bits per heavy atom. The van der Waals surface area contributed by atoms with E-state index >= 15 is 0 Å². The van der Waals surface area contributed by atoms with Gasteiger partial charge in [-0.05, 0) is 45.3 Å². The van der Waals surface area contributed by atoms with Crippen LogP contribution in [-0.4, -0.2) is 0 Å². The summed E-state index contributed by atoms with van der Waals surface area (Å²) in [5.41, 5.74) is 6.57. The van der Waals surface area contributed by atoms with Crippen LogP contribution in [0.25, 0.3) is 0 Å². The zero-order chi connectivity index (χ0) is 13.3. The van der Waals surface area contributed by atoms with Gasteiger partial charge in [0.1, 0.15) is 17.5 Å². The van der Waals surface area contributed by atoms with Crippen LogP contribution in [0.1, 0.15) is 17.2 Å². The minimum atomic E-state index is -0.805. The van der Waals surface area contributed by atoms with Crippen LogP contribution in [0.5, 0.6) is 0 Å². The number of rotatable bonds is 2. The molecule has 0 spiro atoms. The first kappa shape index (κ1) is 13.1. The van der Waals surface area contributed by atoms with Crippen molar-refractivity contribution in [1.82, 2.24) is 0 Å². The topological polar surface area (TPSA) is 26.0 Å². The van der Waals surface area contributed by atoms with Gasteiger partial charge in [0, 0.05) is 6.07 Å². The van der Waals surface area contributed by atoms with Gasteiger partial charge in [-0.25, -0.2) is 13.2 Å². The van der Waals surface area contributed by atoms with Crippen LogP contribution in [-0.2, 0) is 0 Å². The number of halogens is 4. The fourth-order valence-electron chi connectivity index (χ4n) is 1.69. The number of hydrogen-bond acceptors (Lipinski definition) is 1. The van der Waals surface area contributed by atoms with Crippen LogP contribution in [0.3, 0.4) is 0 Å². The quantitative estimate of drug-likeness (QED) is 0.893. The van der Waals surface area contributed by atoms with Crippen molar-refractivity contribution in [1.29, 1.82) is 0 Å². The molecule has 1 unspecified atom stereocenters. The largest absolute Gasteiger partial charge is 0.320 e. The highest BCUT2D eigenvalue weighted by Crippen LogP contribution is 2.29. The van der Waals surface area contributed by atoms with Gasteiger partial charge in [0.2, 0.25) is 0 Å². The maximum atomic E-state index is 13.4. The van der Waals surface area contributed by atoms with E-state index in [0.29, 0.717) is 5.56 Å². The van der Waals surface area contributed by atoms with Gasteiger partial charge in [0.25, 0.3) is 0 Å². The summed E-state index contributed by atoms with van der Waals surface area (Å²) < 4.78 is 39.8. The maximum Gasteiger partial charge on any atom is 0.137 e. The molecule has 0 heterocycles. The Hall–Kier alpha value is -1.33. The van der Waals surface area contributed by atoms with Crippen molar-refractivity contribution in [2.24, 2.45) is 5.73 Å². The lowest BCUT2D eigenvalue weighted by molar-refractivity contribution is 0.577. The van der Waals surface area contributed by atoms with Crippen LogP contribution in [0.4, 0.5) is 13.2 Å². The number of hydrogen-bond donors (Lipinski definition) is 1. The Kier molecular flexibility index (Phi) is 3.73. The molecule has 0 aromatic heterocycles. The van der Waals surface area contributed by atoms with E-state index in [9.17, 15) is 13.2 Å². The zero-order valence-corrected chi connectivity index (χ0v) is 10.7. The first-order valence-electron chi connectivity index (χ1n) is 5.14. The third-order valence-corrected chi connectivity index (χ3v) is 3.40. The Morgan fingerprint density at radius 1 is 1.00 bits per heavy atom. The molecule has 1 atom stereocenters. The highest BCUT2D eigenvalue weighted by Gasteiger charge is 2.16. The van der Waals surface area contributed by atoms with Crippen LogP contribution in [0.15, 0.2) is 40.9 Å². The maximum absolute atomic E-state index is 13.4. The molecule has 18 heavy (non-hydrogen) atoms. The first-order chi connectivity index (χ1) is 8.49. The molecule has 0 radical (unpaired) electrons. The molecule has 5 heteroatoms. The SMILES string of the molecule is NC(c1cc(F)cc(F)c1)c1cccc(F)c1Br. The second-order valence-corrected chi connectivity index (χ2v) is 4.62. The molecule has 2 rings (SSSR count). The van der Waals surface area contributed by atoms with Gasteiger partial charge in [-0.15, -0.1) is 0 Å². The van der Waals surface area contributed by atoms with Gasteiger partial charge in [0.15, 0.2) is 0 Å². The van der Waals surface area contributed by atoms with Gasteiger partial charge in [-0.2, -0.15) is 0 Å². The summed E-state index contributed by atoms with van der Waals surface area (Å²) in [4.78, 5) is 0. The molecular formula is C13H9BrF3N. The van der Waals surface area contributed by atoms with Crippen molar-refractivity contribution in [3.8, 4) is 0 Å². The first-order valence-corrected chi connectivity index (χ1v) is 5.94. The van der Waals surface area contributed by atoms with E-state index in [1.165, 1.54) is 12.1 Å². The lowest BCUT2D eigenvalue weighted by Gasteiger charge is -2.15. The average molecular weight is 316 g/mol. The molecular weight excluding hydrogens is 307 g/mol. The van der Waals surface area contributed by atoms with Gasteiger partial charge in [-0.1, -0.05) is 12.1 Å². The molecule has 94 valence electrons. The Labute approximate surface area is 111 Å². The number of benzene rings is 2. The summed E-state index contributed by atoms with van der Waals surface area (Å²) in [6.45, 7) is 0. The molecule has 0 amide bonds. The molecule has 0 saturated carbocycles. The van der Waals surface area contributed by atoms with Gasteiger partial charge in [0.05, 0.1) is 10.5 Å². The van der Waals surface area contributed by atoms with Crippen molar-refractivity contribution in [2.75, 3.05) is 0 Å². The minimum Gasteiger partial charge on any atom is -0.320 e. The highest BCUT2D eigenvalue weighted by atomic mass is 79.9. The minimum absolute atomic E-state index is 0.196.